The van der Waals surface area contributed by atoms with Gasteiger partial charge >= 0.3 is 5.69 Å². The van der Waals surface area contributed by atoms with Gasteiger partial charge in [0.05, 0.1) is 4.92 Å². The van der Waals surface area contributed by atoms with Crippen LogP contribution in [0.5, 0.6) is 0 Å². The third-order valence-corrected chi connectivity index (χ3v) is 3.26. The Morgan fingerprint density at radius 3 is 2.52 bits per heavy atom. The first-order valence-corrected chi connectivity index (χ1v) is 6.31. The number of aryl methyl sites for hydroxylation is 2. The predicted molar refractivity (Wildman–Crippen MR) is 81.4 cm³/mol. The summed E-state index contributed by atoms with van der Waals surface area (Å²) in [5.74, 6) is -0.558. The lowest BCUT2D eigenvalue weighted by Gasteiger charge is -2.08. The molecule has 2 aromatic carbocycles. The maximum atomic E-state index is 12.2. The minimum atomic E-state index is -0.648. The van der Waals surface area contributed by atoms with Crippen LogP contribution in [-0.2, 0) is 0 Å². The average Bonchev–Trinajstić information content (AvgIpc) is 2.42. The van der Waals surface area contributed by atoms with Crippen molar-refractivity contribution in [1.82, 2.24) is 0 Å². The Kier molecular flexibility index (Phi) is 3.89. The molecule has 1 amide bonds. The number of para-hydroxylation sites is 1. The third-order valence-electron chi connectivity index (χ3n) is 3.26. The molecule has 0 fully saturated rings. The summed E-state index contributed by atoms with van der Waals surface area (Å²) in [5, 5.41) is 13.7. The number of nitrogen functional groups attached to an aromatic ring is 1. The van der Waals surface area contributed by atoms with E-state index in [0.29, 0.717) is 5.69 Å². The fourth-order valence-corrected chi connectivity index (χ4v) is 1.97. The molecule has 0 saturated heterocycles. The van der Waals surface area contributed by atoms with Crippen LogP contribution < -0.4 is 11.1 Å². The Morgan fingerprint density at radius 2 is 1.90 bits per heavy atom. The number of rotatable bonds is 3. The van der Waals surface area contributed by atoms with E-state index in [1.165, 1.54) is 18.2 Å². The molecule has 6 nitrogen and oxygen atoms in total. The highest BCUT2D eigenvalue weighted by Gasteiger charge is 2.23. The highest BCUT2D eigenvalue weighted by molar-refractivity contribution is 6.08. The second kappa shape index (κ2) is 5.62. The minimum absolute atomic E-state index is 0.0345. The Hall–Kier alpha value is -2.89. The van der Waals surface area contributed by atoms with Crippen molar-refractivity contribution in [1.29, 1.82) is 0 Å². The van der Waals surface area contributed by atoms with Crippen molar-refractivity contribution in [2.75, 3.05) is 11.1 Å². The third kappa shape index (κ3) is 3.00. The van der Waals surface area contributed by atoms with Gasteiger partial charge in [0, 0.05) is 5.69 Å². The Bertz CT molecular complexity index is 726. The summed E-state index contributed by atoms with van der Waals surface area (Å²) in [7, 11) is 0. The maximum Gasteiger partial charge on any atom is 0.304 e. The van der Waals surface area contributed by atoms with Crippen LogP contribution in [0, 0.1) is 24.0 Å². The van der Waals surface area contributed by atoms with E-state index in [-0.39, 0.29) is 16.9 Å². The molecule has 0 spiro atoms. The summed E-state index contributed by atoms with van der Waals surface area (Å²) >= 11 is 0. The van der Waals surface area contributed by atoms with Gasteiger partial charge in [-0.05, 0) is 49.2 Å². The monoisotopic (exact) mass is 285 g/mol. The highest BCUT2D eigenvalue weighted by Crippen LogP contribution is 2.26. The molecule has 0 bridgehead atoms. The maximum absolute atomic E-state index is 12.2. The molecule has 108 valence electrons. The molecule has 3 N–H and O–H groups in total. The lowest BCUT2D eigenvalue weighted by atomic mass is 10.1. The number of nitrogens with zero attached hydrogens (tertiary/aromatic N) is 1. The first kappa shape index (κ1) is 14.5. The Balaban J connectivity index is 2.35. The normalized spacial score (nSPS) is 10.2. The van der Waals surface area contributed by atoms with Gasteiger partial charge in [-0.2, -0.15) is 0 Å². The number of hydrogen-bond acceptors (Lipinski definition) is 4. The number of nitro groups is 1. The molecule has 0 heterocycles. The summed E-state index contributed by atoms with van der Waals surface area (Å²) < 4.78 is 0. The number of nitrogens with one attached hydrogen (secondary N) is 1. The van der Waals surface area contributed by atoms with Crippen LogP contribution in [0.2, 0.25) is 0 Å². The smallest absolute Gasteiger partial charge is 0.304 e. The van der Waals surface area contributed by atoms with Crippen molar-refractivity contribution >= 4 is 23.0 Å². The number of nitro benzene ring substituents is 1. The number of carbonyl (C=O) groups is 1. The topological polar surface area (TPSA) is 98.3 Å². The van der Waals surface area contributed by atoms with Crippen LogP contribution >= 0.6 is 0 Å². The highest BCUT2D eigenvalue weighted by atomic mass is 16.6. The van der Waals surface area contributed by atoms with Gasteiger partial charge in [0.25, 0.3) is 5.91 Å². The zero-order valence-electron chi connectivity index (χ0n) is 11.7. The van der Waals surface area contributed by atoms with Crippen LogP contribution in [0.1, 0.15) is 21.5 Å². The summed E-state index contributed by atoms with van der Waals surface area (Å²) in [6.45, 7) is 3.89. The van der Waals surface area contributed by atoms with Crippen molar-refractivity contribution in [3.8, 4) is 0 Å². The van der Waals surface area contributed by atoms with E-state index in [9.17, 15) is 14.9 Å². The first-order chi connectivity index (χ1) is 9.90. The van der Waals surface area contributed by atoms with Crippen molar-refractivity contribution in [2.24, 2.45) is 0 Å². The molecule has 0 unspecified atom stereocenters. The van der Waals surface area contributed by atoms with E-state index >= 15 is 0 Å². The van der Waals surface area contributed by atoms with E-state index in [4.69, 9.17) is 5.73 Å². The summed E-state index contributed by atoms with van der Waals surface area (Å²) in [6.07, 6.45) is 0. The van der Waals surface area contributed by atoms with Crippen LogP contribution in [-0.4, -0.2) is 10.8 Å². The van der Waals surface area contributed by atoms with Gasteiger partial charge in [-0.3, -0.25) is 14.9 Å². The summed E-state index contributed by atoms with van der Waals surface area (Å²) in [5.41, 5.74) is 7.81. The number of nitrogens with two attached hydrogens (primary N) is 1. The zero-order chi connectivity index (χ0) is 15.6. The molecule has 0 saturated carbocycles. The molecule has 2 rings (SSSR count). The molecule has 0 atom stereocenters. The van der Waals surface area contributed by atoms with Crippen LogP contribution in [0.4, 0.5) is 17.1 Å². The van der Waals surface area contributed by atoms with Gasteiger partial charge in [-0.1, -0.05) is 12.1 Å². The molecule has 0 radical (unpaired) electrons. The molecule has 2 aromatic rings. The molecular weight excluding hydrogens is 270 g/mol. The van der Waals surface area contributed by atoms with Crippen molar-refractivity contribution in [2.45, 2.75) is 13.8 Å². The number of anilines is 2. The number of amides is 1. The predicted octanol–water partition coefficient (Wildman–Crippen LogP) is 3.05. The van der Waals surface area contributed by atoms with Gasteiger partial charge < -0.3 is 11.1 Å². The molecule has 0 aliphatic carbocycles. The second-order valence-electron chi connectivity index (χ2n) is 4.75. The number of hydrogen-bond donors (Lipinski definition) is 2. The lowest BCUT2D eigenvalue weighted by molar-refractivity contribution is -0.384. The van der Waals surface area contributed by atoms with Gasteiger partial charge in [0.2, 0.25) is 0 Å². The quantitative estimate of drug-likeness (QED) is 0.514. The number of carbonyl (C=O) groups excluding carboxylic acids is 1. The lowest BCUT2D eigenvalue weighted by Crippen LogP contribution is -2.15. The minimum Gasteiger partial charge on any atom is -0.393 e. The second-order valence-corrected chi connectivity index (χ2v) is 4.75. The first-order valence-electron chi connectivity index (χ1n) is 6.31. The van der Waals surface area contributed by atoms with Crippen LogP contribution in [0.15, 0.2) is 36.4 Å². The van der Waals surface area contributed by atoms with Gasteiger partial charge in [-0.15, -0.1) is 0 Å². The van der Waals surface area contributed by atoms with E-state index in [1.54, 1.807) is 6.07 Å². The van der Waals surface area contributed by atoms with E-state index in [2.05, 4.69) is 5.32 Å². The number of benzene rings is 2. The fraction of sp³-hybridized carbons (Fsp3) is 0.133. The molecule has 0 aliphatic rings. The molecular formula is C15H15N3O3. The van der Waals surface area contributed by atoms with E-state index in [0.717, 1.165) is 11.1 Å². The molecule has 21 heavy (non-hydrogen) atoms. The molecule has 0 aromatic heterocycles. The van der Waals surface area contributed by atoms with E-state index in [1.807, 2.05) is 26.0 Å². The van der Waals surface area contributed by atoms with Crippen LogP contribution in [0.25, 0.3) is 0 Å². The molecule has 6 heteroatoms. The standard InChI is InChI=1S/C15H15N3O3/c1-9-6-7-11(8-10(9)2)17-15(19)12-4-3-5-13(16)14(12)18(20)21/h3-8H,16H2,1-2H3,(H,17,19). The van der Waals surface area contributed by atoms with Gasteiger partial charge in [-0.25, -0.2) is 0 Å². The van der Waals surface area contributed by atoms with Gasteiger partial charge in [0.1, 0.15) is 11.3 Å². The SMILES string of the molecule is Cc1ccc(NC(=O)c2cccc(N)c2[N+](=O)[O-])cc1C. The largest absolute Gasteiger partial charge is 0.393 e. The van der Waals surface area contributed by atoms with E-state index < -0.39 is 10.8 Å². The van der Waals surface area contributed by atoms with Gasteiger partial charge in [0.15, 0.2) is 0 Å². The molecule has 0 aliphatic heterocycles. The summed E-state index contributed by atoms with van der Waals surface area (Å²) in [4.78, 5) is 22.6. The van der Waals surface area contributed by atoms with Crippen molar-refractivity contribution in [3.05, 3.63) is 63.2 Å². The van der Waals surface area contributed by atoms with Crippen molar-refractivity contribution < 1.29 is 9.72 Å². The zero-order valence-corrected chi connectivity index (χ0v) is 11.7. The summed E-state index contributed by atoms with van der Waals surface area (Å²) in [6, 6.07) is 9.72. The Labute approximate surface area is 121 Å². The van der Waals surface area contributed by atoms with Crippen LogP contribution in [0.3, 0.4) is 0 Å². The Morgan fingerprint density at radius 1 is 1.19 bits per heavy atom. The average molecular weight is 285 g/mol. The fourth-order valence-electron chi connectivity index (χ4n) is 1.97. The van der Waals surface area contributed by atoms with Crippen molar-refractivity contribution in [3.63, 3.8) is 0 Å².